The third kappa shape index (κ3) is 2.19. The first kappa shape index (κ1) is 12.8. The van der Waals surface area contributed by atoms with E-state index < -0.39 is 0 Å². The molecule has 0 radical (unpaired) electrons. The van der Waals surface area contributed by atoms with Gasteiger partial charge in [-0.05, 0) is 37.3 Å². The third-order valence-electron chi connectivity index (χ3n) is 3.19. The lowest BCUT2D eigenvalue weighted by molar-refractivity contribution is 0.446. The number of halogens is 2. The van der Waals surface area contributed by atoms with Crippen molar-refractivity contribution in [3.05, 3.63) is 52.7 Å². The molecule has 1 atom stereocenters. The topological polar surface area (TPSA) is 31.0 Å². The third-order valence-corrected chi connectivity index (χ3v) is 3.92. The maximum Gasteiger partial charge on any atom is 0.126 e. The highest BCUT2D eigenvalue weighted by Crippen LogP contribution is 2.28. The smallest absolute Gasteiger partial charge is 0.126 e. The minimum Gasteiger partial charge on any atom is -0.467 e. The second-order valence-corrected chi connectivity index (χ2v) is 5.54. The van der Waals surface area contributed by atoms with Crippen LogP contribution in [-0.2, 0) is 5.88 Å². The molecule has 19 heavy (non-hydrogen) atoms. The summed E-state index contributed by atoms with van der Waals surface area (Å²) in [6.07, 6.45) is 1.68. The molecular formula is C14H12BrClN2O. The van der Waals surface area contributed by atoms with Crippen LogP contribution < -0.4 is 0 Å². The Morgan fingerprint density at radius 3 is 2.95 bits per heavy atom. The number of aromatic nitrogens is 2. The molecule has 0 aliphatic rings. The second kappa shape index (κ2) is 5.02. The van der Waals surface area contributed by atoms with E-state index >= 15 is 0 Å². The van der Waals surface area contributed by atoms with Crippen molar-refractivity contribution in [2.24, 2.45) is 0 Å². The molecule has 98 valence electrons. The van der Waals surface area contributed by atoms with Crippen LogP contribution in [0.15, 0.2) is 45.5 Å². The minimum atomic E-state index is 0.0584. The molecule has 3 aromatic rings. The van der Waals surface area contributed by atoms with Crippen molar-refractivity contribution in [3.8, 4) is 0 Å². The highest BCUT2D eigenvalue weighted by molar-refractivity contribution is 9.10. The van der Waals surface area contributed by atoms with E-state index in [1.807, 2.05) is 24.3 Å². The number of alkyl halides is 1. The molecule has 3 nitrogen and oxygen atoms in total. The van der Waals surface area contributed by atoms with Crippen molar-refractivity contribution in [1.82, 2.24) is 9.55 Å². The summed E-state index contributed by atoms with van der Waals surface area (Å²) in [4.78, 5) is 4.57. The summed E-state index contributed by atoms with van der Waals surface area (Å²) in [7, 11) is 0. The van der Waals surface area contributed by atoms with Crippen molar-refractivity contribution in [2.45, 2.75) is 18.8 Å². The van der Waals surface area contributed by atoms with Crippen molar-refractivity contribution >= 4 is 38.6 Å². The molecule has 0 bridgehead atoms. The van der Waals surface area contributed by atoms with Gasteiger partial charge in [0, 0.05) is 4.47 Å². The Kier molecular flexibility index (Phi) is 3.37. The fourth-order valence-electron chi connectivity index (χ4n) is 2.30. The Hall–Kier alpha value is -1.26. The Labute approximate surface area is 124 Å². The summed E-state index contributed by atoms with van der Waals surface area (Å²) in [6, 6.07) is 9.93. The molecule has 0 amide bonds. The minimum absolute atomic E-state index is 0.0584. The standard InChI is InChI=1S/C14H12BrClN2O/c1-9(13-3-2-6-19-13)18-12-7-10(15)4-5-11(12)17-14(18)8-16/h2-7,9H,8H2,1H3. The van der Waals surface area contributed by atoms with Crippen LogP contribution in [0.25, 0.3) is 11.0 Å². The van der Waals surface area contributed by atoms with Crippen molar-refractivity contribution in [1.29, 1.82) is 0 Å². The SMILES string of the molecule is CC(c1ccco1)n1c(CCl)nc2ccc(Br)cc21. The molecule has 1 aromatic carbocycles. The number of imidazole rings is 1. The molecule has 0 aliphatic heterocycles. The Bertz CT molecular complexity index is 706. The largest absolute Gasteiger partial charge is 0.467 e. The molecule has 0 saturated heterocycles. The summed E-state index contributed by atoms with van der Waals surface area (Å²) < 4.78 is 8.63. The molecule has 0 N–H and O–H groups in total. The predicted molar refractivity (Wildman–Crippen MR) is 79.5 cm³/mol. The highest BCUT2D eigenvalue weighted by Gasteiger charge is 2.18. The van der Waals surface area contributed by atoms with Gasteiger partial charge in [0.15, 0.2) is 0 Å². The summed E-state index contributed by atoms with van der Waals surface area (Å²) >= 11 is 9.52. The van der Waals surface area contributed by atoms with Crippen LogP contribution in [0, 0.1) is 0 Å². The average Bonchev–Trinajstić information content (AvgIpc) is 3.04. The first-order valence-electron chi connectivity index (χ1n) is 5.96. The number of rotatable bonds is 3. The summed E-state index contributed by atoms with van der Waals surface area (Å²) in [6.45, 7) is 2.08. The van der Waals surface area contributed by atoms with Gasteiger partial charge in [0.05, 0.1) is 29.2 Å². The molecule has 5 heteroatoms. The zero-order valence-electron chi connectivity index (χ0n) is 10.3. The van der Waals surface area contributed by atoms with E-state index in [4.69, 9.17) is 16.0 Å². The molecule has 2 heterocycles. The summed E-state index contributed by atoms with van der Waals surface area (Å²) in [5, 5.41) is 0. The van der Waals surface area contributed by atoms with E-state index in [2.05, 4.69) is 38.5 Å². The zero-order valence-corrected chi connectivity index (χ0v) is 12.6. The number of nitrogens with zero attached hydrogens (tertiary/aromatic N) is 2. The van der Waals surface area contributed by atoms with Crippen molar-refractivity contribution in [3.63, 3.8) is 0 Å². The van der Waals surface area contributed by atoms with Gasteiger partial charge in [-0.2, -0.15) is 0 Å². The van der Waals surface area contributed by atoms with Crippen molar-refractivity contribution < 1.29 is 4.42 Å². The quantitative estimate of drug-likeness (QED) is 0.645. The van der Waals surface area contributed by atoms with E-state index in [-0.39, 0.29) is 6.04 Å². The fourth-order valence-corrected chi connectivity index (χ4v) is 2.84. The molecule has 3 rings (SSSR count). The maximum absolute atomic E-state index is 6.02. The molecule has 0 saturated carbocycles. The fraction of sp³-hybridized carbons (Fsp3) is 0.214. The van der Waals surface area contributed by atoms with Gasteiger partial charge in [-0.1, -0.05) is 15.9 Å². The summed E-state index contributed by atoms with van der Waals surface area (Å²) in [5.41, 5.74) is 1.99. The Balaban J connectivity index is 2.23. The Morgan fingerprint density at radius 2 is 2.26 bits per heavy atom. The normalized spacial score (nSPS) is 13.0. The summed E-state index contributed by atoms with van der Waals surface area (Å²) in [5.74, 6) is 2.11. The van der Waals surface area contributed by atoms with Crippen LogP contribution in [0.2, 0.25) is 0 Å². The van der Waals surface area contributed by atoms with Crippen LogP contribution >= 0.6 is 27.5 Å². The molecular weight excluding hydrogens is 328 g/mol. The first-order chi connectivity index (χ1) is 9.20. The van der Waals surface area contributed by atoms with Gasteiger partial charge >= 0.3 is 0 Å². The molecule has 0 spiro atoms. The van der Waals surface area contributed by atoms with Gasteiger partial charge in [-0.3, -0.25) is 0 Å². The maximum atomic E-state index is 6.02. The second-order valence-electron chi connectivity index (χ2n) is 4.36. The molecule has 1 unspecified atom stereocenters. The molecule has 0 aliphatic carbocycles. The van der Waals surface area contributed by atoms with Gasteiger partial charge in [0.25, 0.3) is 0 Å². The number of benzene rings is 1. The van der Waals surface area contributed by atoms with Crippen LogP contribution in [0.5, 0.6) is 0 Å². The highest BCUT2D eigenvalue weighted by atomic mass is 79.9. The zero-order chi connectivity index (χ0) is 13.4. The lowest BCUT2D eigenvalue weighted by Crippen LogP contribution is -2.09. The van der Waals surface area contributed by atoms with E-state index in [0.29, 0.717) is 5.88 Å². The first-order valence-corrected chi connectivity index (χ1v) is 7.29. The lowest BCUT2D eigenvalue weighted by atomic mass is 10.2. The number of hydrogen-bond acceptors (Lipinski definition) is 2. The van der Waals surface area contributed by atoms with E-state index in [1.54, 1.807) is 6.26 Å². The van der Waals surface area contributed by atoms with E-state index in [9.17, 15) is 0 Å². The van der Waals surface area contributed by atoms with E-state index in [0.717, 1.165) is 27.1 Å². The number of furan rings is 1. The average molecular weight is 340 g/mol. The van der Waals surface area contributed by atoms with Crippen LogP contribution in [0.4, 0.5) is 0 Å². The van der Waals surface area contributed by atoms with Crippen molar-refractivity contribution in [2.75, 3.05) is 0 Å². The monoisotopic (exact) mass is 338 g/mol. The van der Waals surface area contributed by atoms with Gasteiger partial charge in [-0.15, -0.1) is 11.6 Å². The van der Waals surface area contributed by atoms with E-state index in [1.165, 1.54) is 0 Å². The van der Waals surface area contributed by atoms with Gasteiger partial charge in [0.1, 0.15) is 11.6 Å². The Morgan fingerprint density at radius 1 is 1.42 bits per heavy atom. The van der Waals surface area contributed by atoms with Crippen LogP contribution in [-0.4, -0.2) is 9.55 Å². The predicted octanol–water partition coefficient (Wildman–Crippen LogP) is 4.74. The van der Waals surface area contributed by atoms with Crippen LogP contribution in [0.1, 0.15) is 24.6 Å². The van der Waals surface area contributed by atoms with Gasteiger partial charge in [-0.25, -0.2) is 4.98 Å². The lowest BCUT2D eigenvalue weighted by Gasteiger charge is -2.14. The molecule has 0 fully saturated rings. The van der Waals surface area contributed by atoms with Gasteiger partial charge < -0.3 is 8.98 Å². The van der Waals surface area contributed by atoms with Crippen LogP contribution in [0.3, 0.4) is 0 Å². The molecule has 2 aromatic heterocycles. The van der Waals surface area contributed by atoms with Gasteiger partial charge in [0.2, 0.25) is 0 Å². The number of hydrogen-bond donors (Lipinski definition) is 0. The number of fused-ring (bicyclic) bond motifs is 1.